The molecule has 0 radical (unpaired) electrons. The Morgan fingerprint density at radius 1 is 1.36 bits per heavy atom. The van der Waals surface area contributed by atoms with Crippen LogP contribution in [0.4, 0.5) is 5.69 Å². The molecule has 0 spiro atoms. The third-order valence-electron chi connectivity index (χ3n) is 3.29. The van der Waals surface area contributed by atoms with Gasteiger partial charge < -0.3 is 10.6 Å². The Morgan fingerprint density at radius 3 is 2.86 bits per heavy atom. The third kappa shape index (κ3) is 4.66. The largest absolute Gasteiger partial charge is 0.362 e. The molecule has 2 aromatic rings. The number of hydrogen-bond donors (Lipinski definition) is 2. The molecule has 0 bridgehead atoms. The summed E-state index contributed by atoms with van der Waals surface area (Å²) in [7, 11) is 0. The Kier molecular flexibility index (Phi) is 5.66. The number of carbonyl (C=O) groups is 1. The lowest BCUT2D eigenvalue weighted by Crippen LogP contribution is -2.29. The van der Waals surface area contributed by atoms with Gasteiger partial charge in [-0.2, -0.15) is 5.10 Å². The maximum absolute atomic E-state index is 11.3. The van der Waals surface area contributed by atoms with Crippen molar-refractivity contribution in [2.75, 3.05) is 11.9 Å². The second-order valence-electron chi connectivity index (χ2n) is 5.07. The van der Waals surface area contributed by atoms with Gasteiger partial charge in [0.25, 0.3) is 0 Å². The zero-order chi connectivity index (χ0) is 15.9. The fraction of sp³-hybridized carbons (Fsp3) is 0.312. The summed E-state index contributed by atoms with van der Waals surface area (Å²) < 4.78 is 1.97. The number of thiocarbonyl (C=S) groups is 1. The Balaban J connectivity index is 1.75. The van der Waals surface area contributed by atoms with E-state index in [9.17, 15) is 4.79 Å². The number of anilines is 1. The van der Waals surface area contributed by atoms with Crippen LogP contribution in [0.25, 0.3) is 0 Å². The van der Waals surface area contributed by atoms with Crippen LogP contribution in [0, 0.1) is 6.92 Å². The summed E-state index contributed by atoms with van der Waals surface area (Å²) in [6.45, 7) is 5.20. The lowest BCUT2D eigenvalue weighted by atomic mass is 10.1. The maximum Gasteiger partial charge on any atom is 0.170 e. The van der Waals surface area contributed by atoms with Crippen LogP contribution in [0.2, 0.25) is 0 Å². The van der Waals surface area contributed by atoms with Gasteiger partial charge >= 0.3 is 0 Å². The molecule has 116 valence electrons. The molecule has 0 aliphatic carbocycles. The molecule has 0 atom stereocenters. The van der Waals surface area contributed by atoms with Gasteiger partial charge in [0.05, 0.1) is 0 Å². The zero-order valence-corrected chi connectivity index (χ0v) is 13.6. The van der Waals surface area contributed by atoms with Gasteiger partial charge in [0.15, 0.2) is 10.9 Å². The van der Waals surface area contributed by atoms with Crippen LogP contribution in [0.15, 0.2) is 36.5 Å². The SMILES string of the molecule is CC(=O)c1cccc(NC(=S)NCCCn2nccc2C)c1. The van der Waals surface area contributed by atoms with E-state index in [2.05, 4.69) is 15.7 Å². The molecule has 2 N–H and O–H groups in total. The molecule has 1 aromatic carbocycles. The first-order valence-electron chi connectivity index (χ1n) is 7.20. The minimum absolute atomic E-state index is 0.0390. The minimum atomic E-state index is 0.0390. The van der Waals surface area contributed by atoms with Gasteiger partial charge in [-0.1, -0.05) is 12.1 Å². The second-order valence-corrected chi connectivity index (χ2v) is 5.48. The van der Waals surface area contributed by atoms with E-state index >= 15 is 0 Å². The van der Waals surface area contributed by atoms with Crippen molar-refractivity contribution in [1.29, 1.82) is 0 Å². The van der Waals surface area contributed by atoms with Gasteiger partial charge in [0, 0.05) is 36.2 Å². The van der Waals surface area contributed by atoms with Crippen molar-refractivity contribution in [2.45, 2.75) is 26.8 Å². The van der Waals surface area contributed by atoms with E-state index in [0.717, 1.165) is 30.9 Å². The van der Waals surface area contributed by atoms with E-state index in [1.54, 1.807) is 25.3 Å². The molecule has 0 aliphatic heterocycles. The summed E-state index contributed by atoms with van der Waals surface area (Å²) in [6, 6.07) is 9.29. The van der Waals surface area contributed by atoms with E-state index in [1.807, 2.05) is 29.8 Å². The normalized spacial score (nSPS) is 10.3. The predicted molar refractivity (Wildman–Crippen MR) is 92.3 cm³/mol. The number of hydrogen-bond acceptors (Lipinski definition) is 3. The molecule has 0 fully saturated rings. The van der Waals surface area contributed by atoms with Crippen molar-refractivity contribution in [3.63, 3.8) is 0 Å². The van der Waals surface area contributed by atoms with E-state index in [1.165, 1.54) is 0 Å². The van der Waals surface area contributed by atoms with Crippen molar-refractivity contribution in [3.8, 4) is 0 Å². The molecule has 6 heteroatoms. The fourth-order valence-corrected chi connectivity index (χ4v) is 2.27. The minimum Gasteiger partial charge on any atom is -0.362 e. The molecule has 1 aromatic heterocycles. The highest BCUT2D eigenvalue weighted by atomic mass is 32.1. The highest BCUT2D eigenvalue weighted by Crippen LogP contribution is 2.11. The van der Waals surface area contributed by atoms with Crippen molar-refractivity contribution < 1.29 is 4.79 Å². The van der Waals surface area contributed by atoms with E-state index < -0.39 is 0 Å². The van der Waals surface area contributed by atoms with Gasteiger partial charge in [0.2, 0.25) is 0 Å². The summed E-state index contributed by atoms with van der Waals surface area (Å²) in [5, 5.41) is 11.0. The Hall–Kier alpha value is -2.21. The molecule has 1 heterocycles. The number of benzene rings is 1. The first kappa shape index (κ1) is 16.2. The monoisotopic (exact) mass is 316 g/mol. The molecule has 0 saturated heterocycles. The van der Waals surface area contributed by atoms with Crippen molar-refractivity contribution >= 4 is 28.8 Å². The highest BCUT2D eigenvalue weighted by Gasteiger charge is 2.02. The number of aromatic nitrogens is 2. The number of Topliss-reactive ketones (excluding diaryl/α,β-unsaturated/α-hetero) is 1. The first-order valence-corrected chi connectivity index (χ1v) is 7.61. The second kappa shape index (κ2) is 7.70. The number of nitrogens with one attached hydrogen (secondary N) is 2. The third-order valence-corrected chi connectivity index (χ3v) is 3.53. The number of aryl methyl sites for hydroxylation is 2. The maximum atomic E-state index is 11.3. The van der Waals surface area contributed by atoms with Crippen LogP contribution in [0.3, 0.4) is 0 Å². The molecular weight excluding hydrogens is 296 g/mol. The number of rotatable bonds is 6. The Labute approximate surface area is 135 Å². The van der Waals surface area contributed by atoms with Crippen LogP contribution >= 0.6 is 12.2 Å². The number of nitrogens with zero attached hydrogens (tertiary/aromatic N) is 2. The highest BCUT2D eigenvalue weighted by molar-refractivity contribution is 7.80. The Morgan fingerprint density at radius 2 is 2.18 bits per heavy atom. The van der Waals surface area contributed by atoms with Crippen LogP contribution in [0.1, 0.15) is 29.4 Å². The summed E-state index contributed by atoms with van der Waals surface area (Å²) in [5.74, 6) is 0.0390. The van der Waals surface area contributed by atoms with Crippen LogP contribution in [0.5, 0.6) is 0 Å². The average Bonchev–Trinajstić information content (AvgIpc) is 2.89. The first-order chi connectivity index (χ1) is 10.6. The summed E-state index contributed by atoms with van der Waals surface area (Å²) in [5.41, 5.74) is 2.64. The molecule has 0 saturated carbocycles. The van der Waals surface area contributed by atoms with E-state index in [4.69, 9.17) is 12.2 Å². The molecule has 0 aliphatic rings. The van der Waals surface area contributed by atoms with Gasteiger partial charge in [0.1, 0.15) is 0 Å². The summed E-state index contributed by atoms with van der Waals surface area (Å²) in [4.78, 5) is 11.3. The van der Waals surface area contributed by atoms with E-state index in [0.29, 0.717) is 10.7 Å². The molecule has 0 amide bonds. The summed E-state index contributed by atoms with van der Waals surface area (Å²) >= 11 is 5.25. The molecular formula is C16H20N4OS. The predicted octanol–water partition coefficient (Wildman–Crippen LogP) is 2.77. The zero-order valence-electron chi connectivity index (χ0n) is 12.8. The standard InChI is InChI=1S/C16H20N4OS/c1-12-7-9-18-20(12)10-4-8-17-16(22)19-15-6-3-5-14(11-15)13(2)21/h3,5-7,9,11H,4,8,10H2,1-2H3,(H2,17,19,22). The van der Waals surface area contributed by atoms with Crippen LogP contribution < -0.4 is 10.6 Å². The Bertz CT molecular complexity index is 666. The lowest BCUT2D eigenvalue weighted by Gasteiger charge is -2.11. The molecule has 2 rings (SSSR count). The number of ketones is 1. The smallest absolute Gasteiger partial charge is 0.170 e. The number of carbonyl (C=O) groups excluding carboxylic acids is 1. The van der Waals surface area contributed by atoms with Crippen LogP contribution in [-0.4, -0.2) is 27.2 Å². The van der Waals surface area contributed by atoms with Gasteiger partial charge in [-0.3, -0.25) is 9.48 Å². The van der Waals surface area contributed by atoms with Crippen molar-refractivity contribution in [3.05, 3.63) is 47.8 Å². The van der Waals surface area contributed by atoms with Crippen molar-refractivity contribution in [1.82, 2.24) is 15.1 Å². The fourth-order valence-electron chi connectivity index (χ4n) is 2.05. The molecule has 5 nitrogen and oxygen atoms in total. The summed E-state index contributed by atoms with van der Waals surface area (Å²) in [6.07, 6.45) is 2.73. The van der Waals surface area contributed by atoms with Gasteiger partial charge in [-0.25, -0.2) is 0 Å². The average molecular weight is 316 g/mol. The van der Waals surface area contributed by atoms with Gasteiger partial charge in [-0.05, 0) is 50.7 Å². The lowest BCUT2D eigenvalue weighted by molar-refractivity contribution is 0.101. The molecule has 0 unspecified atom stereocenters. The van der Waals surface area contributed by atoms with Crippen molar-refractivity contribution in [2.24, 2.45) is 0 Å². The topological polar surface area (TPSA) is 59.0 Å². The molecule has 22 heavy (non-hydrogen) atoms. The van der Waals surface area contributed by atoms with Crippen LogP contribution in [-0.2, 0) is 6.54 Å². The quantitative estimate of drug-likeness (QED) is 0.487. The van der Waals surface area contributed by atoms with E-state index in [-0.39, 0.29) is 5.78 Å². The van der Waals surface area contributed by atoms with Gasteiger partial charge in [-0.15, -0.1) is 0 Å².